The van der Waals surface area contributed by atoms with Crippen LogP contribution >= 0.6 is 0 Å². The number of nitrogens with zero attached hydrogens (tertiary/aromatic N) is 7. The summed E-state index contributed by atoms with van der Waals surface area (Å²) in [6.45, 7) is 3.53. The minimum Gasteiger partial charge on any atom is -0.355 e. The molecule has 0 N–H and O–H groups in total. The summed E-state index contributed by atoms with van der Waals surface area (Å²) in [5.74, 6) is 1.19. The molecule has 1 spiro atoms. The van der Waals surface area contributed by atoms with Crippen LogP contribution in [0.15, 0.2) is 85.7 Å². The van der Waals surface area contributed by atoms with Crippen LogP contribution in [0.25, 0.3) is 33.2 Å². The third-order valence-electron chi connectivity index (χ3n) is 7.70. The number of anilines is 1. The summed E-state index contributed by atoms with van der Waals surface area (Å²) in [7, 11) is 1.92. The van der Waals surface area contributed by atoms with E-state index in [-0.39, 0.29) is 11.3 Å². The van der Waals surface area contributed by atoms with Crippen LogP contribution < -0.4 is 4.90 Å². The maximum Gasteiger partial charge on any atom is 0.227 e. The first-order valence-electron chi connectivity index (χ1n) is 12.8. The topological polar surface area (TPSA) is 80.0 Å². The van der Waals surface area contributed by atoms with Crippen LogP contribution in [0.1, 0.15) is 5.56 Å². The van der Waals surface area contributed by atoms with Crippen molar-refractivity contribution in [1.82, 2.24) is 29.6 Å². The highest BCUT2D eigenvalue weighted by Crippen LogP contribution is 2.42. The summed E-state index contributed by atoms with van der Waals surface area (Å²) < 4.78 is 1.80. The molecule has 2 saturated heterocycles. The fraction of sp³-hybridized carbons (Fsp3) is 0.233. The Hall–Kier alpha value is -4.59. The number of aromatic nitrogens is 5. The first kappa shape index (κ1) is 22.6. The molecule has 7 rings (SSSR count). The molecule has 0 aliphatic carbocycles. The Labute approximate surface area is 220 Å². The van der Waals surface area contributed by atoms with Crippen LogP contribution in [-0.2, 0) is 18.3 Å². The Morgan fingerprint density at radius 1 is 0.895 bits per heavy atom. The third kappa shape index (κ3) is 3.98. The SMILES string of the molecule is Cn1cc(-c2cc(-c3ccc(N4CC5(CN(C(=O)Cc6ccccc6)C5)C4)nc3)c3cncnc3c2)cn1. The highest BCUT2D eigenvalue weighted by molar-refractivity contribution is 5.97. The zero-order valence-electron chi connectivity index (χ0n) is 21.2. The van der Waals surface area contributed by atoms with Crippen LogP contribution in [0, 0.1) is 5.41 Å². The fourth-order valence-corrected chi connectivity index (χ4v) is 5.74. The van der Waals surface area contributed by atoms with Gasteiger partial charge < -0.3 is 9.80 Å². The normalized spacial score (nSPS) is 15.9. The maximum atomic E-state index is 12.6. The Kier molecular flexibility index (Phi) is 5.21. The molecule has 5 heterocycles. The Bertz CT molecular complexity index is 1630. The van der Waals surface area contributed by atoms with E-state index in [9.17, 15) is 4.79 Å². The van der Waals surface area contributed by atoms with Crippen LogP contribution in [0.2, 0.25) is 0 Å². The van der Waals surface area contributed by atoms with Crippen LogP contribution in [-0.4, -0.2) is 61.7 Å². The first-order chi connectivity index (χ1) is 18.6. The number of carbonyl (C=O) groups is 1. The molecule has 8 heteroatoms. The van der Waals surface area contributed by atoms with Crippen molar-refractivity contribution in [3.63, 3.8) is 0 Å². The predicted octanol–water partition coefficient (Wildman–Crippen LogP) is 3.98. The lowest BCUT2D eigenvalue weighted by molar-refractivity contribution is -0.144. The molecule has 0 radical (unpaired) electrons. The van der Waals surface area contributed by atoms with E-state index in [0.717, 1.165) is 70.7 Å². The summed E-state index contributed by atoms with van der Waals surface area (Å²) in [6, 6.07) is 18.4. The molecule has 1 amide bonds. The molecule has 0 saturated carbocycles. The Morgan fingerprint density at radius 3 is 2.47 bits per heavy atom. The van der Waals surface area contributed by atoms with E-state index in [1.807, 2.05) is 67.1 Å². The number of amides is 1. The van der Waals surface area contributed by atoms with E-state index >= 15 is 0 Å². The summed E-state index contributed by atoms with van der Waals surface area (Å²) in [5, 5.41) is 5.32. The van der Waals surface area contributed by atoms with Gasteiger partial charge in [-0.3, -0.25) is 9.48 Å². The van der Waals surface area contributed by atoms with Crippen molar-refractivity contribution in [1.29, 1.82) is 0 Å². The van der Waals surface area contributed by atoms with Gasteiger partial charge >= 0.3 is 0 Å². The van der Waals surface area contributed by atoms with Crippen molar-refractivity contribution in [2.24, 2.45) is 12.5 Å². The molecule has 2 fully saturated rings. The molecule has 5 aromatic rings. The zero-order chi connectivity index (χ0) is 25.7. The molecule has 8 nitrogen and oxygen atoms in total. The lowest BCUT2D eigenvalue weighted by atomic mass is 9.72. The van der Waals surface area contributed by atoms with Gasteiger partial charge in [-0.1, -0.05) is 30.3 Å². The van der Waals surface area contributed by atoms with Gasteiger partial charge in [-0.2, -0.15) is 5.10 Å². The number of benzene rings is 2. The monoisotopic (exact) mass is 501 g/mol. The summed E-state index contributed by atoms with van der Waals surface area (Å²) in [5.41, 5.74) is 6.34. The molecule has 0 atom stereocenters. The van der Waals surface area contributed by atoms with Gasteiger partial charge in [0.1, 0.15) is 12.1 Å². The largest absolute Gasteiger partial charge is 0.355 e. The predicted molar refractivity (Wildman–Crippen MR) is 146 cm³/mol. The first-order valence-corrected chi connectivity index (χ1v) is 12.8. The number of likely N-dealkylation sites (tertiary alicyclic amines) is 1. The Morgan fingerprint density at radius 2 is 1.74 bits per heavy atom. The van der Waals surface area contributed by atoms with Crippen LogP contribution in [0.5, 0.6) is 0 Å². The van der Waals surface area contributed by atoms with E-state index in [4.69, 9.17) is 4.98 Å². The number of carbonyl (C=O) groups excluding carboxylic acids is 1. The molecular weight excluding hydrogens is 474 g/mol. The average molecular weight is 502 g/mol. The second-order valence-corrected chi connectivity index (χ2v) is 10.6. The molecule has 2 aliphatic rings. The smallest absolute Gasteiger partial charge is 0.227 e. The van der Waals surface area contributed by atoms with Gasteiger partial charge in [0.05, 0.1) is 18.1 Å². The van der Waals surface area contributed by atoms with Crippen molar-refractivity contribution in [3.05, 3.63) is 91.3 Å². The molecule has 0 unspecified atom stereocenters. The molecule has 38 heavy (non-hydrogen) atoms. The number of rotatable bonds is 5. The fourth-order valence-electron chi connectivity index (χ4n) is 5.74. The number of fused-ring (bicyclic) bond motifs is 1. The average Bonchev–Trinajstić information content (AvgIpc) is 3.34. The van der Waals surface area contributed by atoms with Gasteiger partial charge in [-0.05, 0) is 41.0 Å². The third-order valence-corrected chi connectivity index (χ3v) is 7.70. The lowest BCUT2D eigenvalue weighted by Crippen LogP contribution is -2.73. The maximum absolute atomic E-state index is 12.6. The zero-order valence-corrected chi connectivity index (χ0v) is 21.2. The summed E-state index contributed by atoms with van der Waals surface area (Å²) >= 11 is 0. The van der Waals surface area contributed by atoms with Gasteiger partial charge in [0, 0.05) is 73.7 Å². The van der Waals surface area contributed by atoms with Gasteiger partial charge in [0.2, 0.25) is 5.91 Å². The van der Waals surface area contributed by atoms with Crippen molar-refractivity contribution < 1.29 is 4.79 Å². The van der Waals surface area contributed by atoms with E-state index in [0.29, 0.717) is 6.42 Å². The van der Waals surface area contributed by atoms with E-state index < -0.39 is 0 Å². The van der Waals surface area contributed by atoms with E-state index in [2.05, 4.69) is 44.2 Å². The Balaban J connectivity index is 1.05. The number of aryl methyl sites for hydroxylation is 1. The standard InChI is InChI=1S/C30H27N7O/c1-35-15-24(13-34-35)23-10-25(26-14-31-20-33-27(26)11-23)22-7-8-28(32-12-22)36-16-30(17-36)18-37(19-30)29(38)9-21-5-3-2-4-6-21/h2-8,10-15,20H,9,16-19H2,1H3. The second-order valence-electron chi connectivity index (χ2n) is 10.6. The molecule has 0 bridgehead atoms. The van der Waals surface area contributed by atoms with Crippen LogP contribution in [0.4, 0.5) is 5.82 Å². The van der Waals surface area contributed by atoms with E-state index in [1.165, 1.54) is 0 Å². The summed E-state index contributed by atoms with van der Waals surface area (Å²) in [4.78, 5) is 30.5. The van der Waals surface area contributed by atoms with Gasteiger partial charge in [0.15, 0.2) is 0 Å². The van der Waals surface area contributed by atoms with Crippen molar-refractivity contribution in [2.75, 3.05) is 31.1 Å². The molecule has 188 valence electrons. The molecular formula is C30H27N7O. The van der Waals surface area contributed by atoms with Crippen molar-refractivity contribution in [2.45, 2.75) is 6.42 Å². The van der Waals surface area contributed by atoms with Gasteiger partial charge in [-0.15, -0.1) is 0 Å². The quantitative estimate of drug-likeness (QED) is 0.362. The minimum absolute atomic E-state index is 0.207. The van der Waals surface area contributed by atoms with Crippen molar-refractivity contribution in [3.8, 4) is 22.3 Å². The molecule has 2 aromatic carbocycles. The van der Waals surface area contributed by atoms with Crippen molar-refractivity contribution >= 4 is 22.6 Å². The number of pyridine rings is 1. The lowest BCUT2D eigenvalue weighted by Gasteiger charge is -2.60. The van der Waals surface area contributed by atoms with Gasteiger partial charge in [-0.25, -0.2) is 15.0 Å². The molecule has 3 aromatic heterocycles. The minimum atomic E-state index is 0.207. The molecule has 2 aliphatic heterocycles. The van der Waals surface area contributed by atoms with Gasteiger partial charge in [0.25, 0.3) is 0 Å². The number of hydrogen-bond acceptors (Lipinski definition) is 6. The van der Waals surface area contributed by atoms with E-state index in [1.54, 1.807) is 11.0 Å². The van der Waals surface area contributed by atoms with Crippen LogP contribution in [0.3, 0.4) is 0 Å². The second kappa shape index (κ2) is 8.76. The highest BCUT2D eigenvalue weighted by Gasteiger charge is 2.53. The highest BCUT2D eigenvalue weighted by atomic mass is 16.2. The summed E-state index contributed by atoms with van der Waals surface area (Å²) in [6.07, 6.45) is 9.72. The number of hydrogen-bond donors (Lipinski definition) is 0.